The van der Waals surface area contributed by atoms with Crippen molar-refractivity contribution in [3.8, 4) is 5.75 Å². The lowest BCUT2D eigenvalue weighted by Crippen LogP contribution is -2.08. The quantitative estimate of drug-likeness (QED) is 0.530. The van der Waals surface area contributed by atoms with Gasteiger partial charge in [0.05, 0.1) is 7.11 Å². The van der Waals surface area contributed by atoms with E-state index in [2.05, 4.69) is 15.9 Å². The molecule has 1 rings (SSSR count). The molecule has 0 atom stereocenters. The van der Waals surface area contributed by atoms with Gasteiger partial charge in [-0.1, -0.05) is 27.5 Å². The third-order valence-electron chi connectivity index (χ3n) is 1.49. The molecule has 0 N–H and O–H groups in total. The average molecular weight is 211 g/mol. The van der Waals surface area contributed by atoms with Crippen molar-refractivity contribution in [2.75, 3.05) is 7.11 Å². The molecule has 11 heavy (non-hydrogen) atoms. The van der Waals surface area contributed by atoms with Gasteiger partial charge in [-0.25, -0.2) is 0 Å². The highest BCUT2D eigenvalue weighted by Crippen LogP contribution is 2.12. The molecular weight excluding hydrogens is 203 g/mol. The number of hydrogen-bond acceptors (Lipinski definition) is 1. The lowest BCUT2D eigenvalue weighted by molar-refractivity contribution is 0.414. The Hall–Kier alpha value is -0.435. The van der Waals surface area contributed by atoms with E-state index in [1.165, 1.54) is 0 Å². The average Bonchev–Trinajstić information content (AvgIpc) is 2.05. The third kappa shape index (κ3) is 1.99. The first-order valence-electron chi connectivity index (χ1n) is 3.26. The van der Waals surface area contributed by atoms with Crippen LogP contribution >= 0.6 is 15.9 Å². The van der Waals surface area contributed by atoms with E-state index in [-0.39, 0.29) is 0 Å². The Balaban J connectivity index is 3.02. The minimum Gasteiger partial charge on any atom is -0.497 e. The van der Waals surface area contributed by atoms with Gasteiger partial charge >= 0.3 is 0 Å². The first kappa shape index (κ1) is 8.66. The molecule has 3 heteroatoms. The van der Waals surface area contributed by atoms with E-state index in [0.29, 0.717) is 0 Å². The molecule has 0 amide bonds. The number of hydrogen-bond donors (Lipinski definition) is 0. The van der Waals surface area contributed by atoms with Gasteiger partial charge in [-0.3, -0.25) is 0 Å². The van der Waals surface area contributed by atoms with E-state index in [1.807, 2.05) is 18.2 Å². The number of alkyl halides is 1. The summed E-state index contributed by atoms with van der Waals surface area (Å²) in [5.74, 6) is 0.841. The molecule has 0 aliphatic heterocycles. The number of ether oxygens (including phenoxy) is 1. The van der Waals surface area contributed by atoms with E-state index in [0.717, 1.165) is 22.1 Å². The van der Waals surface area contributed by atoms with Crippen LogP contribution in [-0.2, 0) is 5.33 Å². The second kappa shape index (κ2) is 3.81. The van der Waals surface area contributed by atoms with Crippen LogP contribution in [0.1, 0.15) is 5.56 Å². The molecule has 1 aromatic carbocycles. The summed E-state index contributed by atoms with van der Waals surface area (Å²) in [7, 11) is 7.31. The largest absolute Gasteiger partial charge is 0.497 e. The number of methoxy groups -OCH3 is 1. The van der Waals surface area contributed by atoms with E-state index in [4.69, 9.17) is 12.6 Å². The van der Waals surface area contributed by atoms with Crippen LogP contribution in [0.3, 0.4) is 0 Å². The maximum absolute atomic E-state index is 5.67. The van der Waals surface area contributed by atoms with Crippen molar-refractivity contribution in [3.05, 3.63) is 23.8 Å². The summed E-state index contributed by atoms with van der Waals surface area (Å²) in [5, 5.41) is 0.760. The fourth-order valence-corrected chi connectivity index (χ4v) is 1.31. The van der Waals surface area contributed by atoms with E-state index in [1.54, 1.807) is 7.11 Å². The fraction of sp³-hybridized carbons (Fsp3) is 0.250. The Morgan fingerprint density at radius 3 is 2.82 bits per heavy atom. The predicted molar refractivity (Wildman–Crippen MR) is 51.0 cm³/mol. The monoisotopic (exact) mass is 210 g/mol. The van der Waals surface area contributed by atoms with Gasteiger partial charge in [-0.05, 0) is 17.7 Å². The highest BCUT2D eigenvalue weighted by Gasteiger charge is 1.97. The molecule has 0 spiro atoms. The van der Waals surface area contributed by atoms with Gasteiger partial charge in [-0.15, -0.1) is 0 Å². The van der Waals surface area contributed by atoms with Crippen LogP contribution in [0.15, 0.2) is 18.2 Å². The summed E-state index contributed by atoms with van der Waals surface area (Å²) in [5.41, 5.74) is 1.85. The standard InChI is InChI=1S/C8H8BBrO/c1-11-7-2-3-8(9)6(4-7)5-10/h2-4H,5H2,1H3. The van der Waals surface area contributed by atoms with Gasteiger partial charge in [0.1, 0.15) is 13.6 Å². The van der Waals surface area contributed by atoms with Gasteiger partial charge in [0.2, 0.25) is 0 Å². The van der Waals surface area contributed by atoms with Gasteiger partial charge in [0.25, 0.3) is 0 Å². The molecule has 1 nitrogen and oxygen atoms in total. The molecule has 0 fully saturated rings. The van der Waals surface area contributed by atoms with Crippen molar-refractivity contribution < 1.29 is 4.74 Å². The fourth-order valence-electron chi connectivity index (χ4n) is 0.825. The first-order valence-corrected chi connectivity index (χ1v) is 4.38. The molecule has 0 bridgehead atoms. The van der Waals surface area contributed by atoms with Crippen LogP contribution < -0.4 is 10.2 Å². The van der Waals surface area contributed by atoms with Gasteiger partial charge in [-0.2, -0.15) is 0 Å². The molecule has 0 aliphatic carbocycles. The van der Waals surface area contributed by atoms with Crippen molar-refractivity contribution in [2.45, 2.75) is 5.33 Å². The van der Waals surface area contributed by atoms with Crippen molar-refractivity contribution in [2.24, 2.45) is 0 Å². The second-order valence-electron chi connectivity index (χ2n) is 2.20. The normalized spacial score (nSPS) is 9.64. The van der Waals surface area contributed by atoms with Crippen molar-refractivity contribution in [1.29, 1.82) is 0 Å². The maximum Gasteiger partial charge on any atom is 0.119 e. The topological polar surface area (TPSA) is 9.23 Å². The first-order chi connectivity index (χ1) is 5.27. The molecule has 1 aromatic rings. The Morgan fingerprint density at radius 2 is 2.27 bits per heavy atom. The number of halogens is 1. The van der Waals surface area contributed by atoms with Gasteiger partial charge in [0.15, 0.2) is 0 Å². The molecule has 0 heterocycles. The second-order valence-corrected chi connectivity index (χ2v) is 2.76. The lowest BCUT2D eigenvalue weighted by atomic mass is 9.91. The molecule has 56 valence electrons. The summed E-state index contributed by atoms with van der Waals surface area (Å²) >= 11 is 3.34. The van der Waals surface area contributed by atoms with Crippen molar-refractivity contribution in [1.82, 2.24) is 0 Å². The van der Waals surface area contributed by atoms with E-state index in [9.17, 15) is 0 Å². The molecule has 2 radical (unpaired) electrons. The van der Waals surface area contributed by atoms with Crippen LogP contribution in [0.25, 0.3) is 0 Å². The van der Waals surface area contributed by atoms with Crippen LogP contribution in [-0.4, -0.2) is 15.0 Å². The number of benzene rings is 1. The van der Waals surface area contributed by atoms with Crippen molar-refractivity contribution >= 4 is 29.2 Å². The summed E-state index contributed by atoms with van der Waals surface area (Å²) in [6.07, 6.45) is 0. The van der Waals surface area contributed by atoms with Gasteiger partial charge in [0, 0.05) is 5.33 Å². The maximum atomic E-state index is 5.67. The summed E-state index contributed by atoms with van der Waals surface area (Å²) in [6.45, 7) is 0. The molecule has 0 aromatic heterocycles. The summed E-state index contributed by atoms with van der Waals surface area (Å²) in [4.78, 5) is 0. The third-order valence-corrected chi connectivity index (χ3v) is 2.10. The minimum atomic E-state index is 0.760. The summed E-state index contributed by atoms with van der Waals surface area (Å²) in [6, 6.07) is 5.61. The lowest BCUT2D eigenvalue weighted by Gasteiger charge is -2.04. The highest BCUT2D eigenvalue weighted by atomic mass is 79.9. The molecule has 0 aliphatic rings. The molecular formula is C8H8BBrO. The van der Waals surface area contributed by atoms with E-state index < -0.39 is 0 Å². The van der Waals surface area contributed by atoms with Crippen LogP contribution in [0, 0.1) is 0 Å². The molecule has 0 unspecified atom stereocenters. The predicted octanol–water partition coefficient (Wildman–Crippen LogP) is 1.38. The number of rotatable bonds is 2. The zero-order chi connectivity index (χ0) is 8.27. The SMILES string of the molecule is [B]c1ccc(OC)cc1CBr. The minimum absolute atomic E-state index is 0.760. The zero-order valence-electron chi connectivity index (χ0n) is 6.30. The van der Waals surface area contributed by atoms with Crippen LogP contribution in [0.2, 0.25) is 0 Å². The Kier molecular flexibility index (Phi) is 3.00. The van der Waals surface area contributed by atoms with Crippen molar-refractivity contribution in [3.63, 3.8) is 0 Å². The van der Waals surface area contributed by atoms with Crippen LogP contribution in [0.4, 0.5) is 0 Å². The smallest absolute Gasteiger partial charge is 0.119 e. The summed E-state index contributed by atoms with van der Waals surface area (Å²) < 4.78 is 5.04. The Bertz CT molecular complexity index is 250. The zero-order valence-corrected chi connectivity index (χ0v) is 7.89. The Morgan fingerprint density at radius 1 is 1.55 bits per heavy atom. The van der Waals surface area contributed by atoms with E-state index >= 15 is 0 Å². The molecule has 0 saturated heterocycles. The van der Waals surface area contributed by atoms with Crippen LogP contribution in [0.5, 0.6) is 5.75 Å². The Labute approximate surface area is 76.3 Å². The molecule has 0 saturated carbocycles. The highest BCUT2D eigenvalue weighted by molar-refractivity contribution is 9.08. The van der Waals surface area contributed by atoms with Gasteiger partial charge < -0.3 is 4.74 Å².